The van der Waals surface area contributed by atoms with Gasteiger partial charge in [-0.3, -0.25) is 4.79 Å². The molecule has 0 saturated carbocycles. The Hall–Kier alpha value is -0.220. The minimum absolute atomic E-state index is 0.144. The molecule has 0 aromatic carbocycles. The SMILES string of the molecule is COC(=O)C(C)(C)[C@H](OC)[C@@H](SC)C(C)C. The van der Waals surface area contributed by atoms with Crippen molar-refractivity contribution in [2.45, 2.75) is 39.0 Å². The van der Waals surface area contributed by atoms with E-state index in [4.69, 9.17) is 9.47 Å². The molecule has 3 nitrogen and oxygen atoms in total. The fourth-order valence-corrected chi connectivity index (χ4v) is 3.21. The predicted molar refractivity (Wildman–Crippen MR) is 68.7 cm³/mol. The summed E-state index contributed by atoms with van der Waals surface area (Å²) < 4.78 is 10.4. The van der Waals surface area contributed by atoms with Crippen LogP contribution in [0.25, 0.3) is 0 Å². The summed E-state index contributed by atoms with van der Waals surface area (Å²) in [4.78, 5) is 11.8. The van der Waals surface area contributed by atoms with Crippen LogP contribution in [0.4, 0.5) is 0 Å². The number of carbonyl (C=O) groups is 1. The quantitative estimate of drug-likeness (QED) is 0.677. The van der Waals surface area contributed by atoms with Gasteiger partial charge in [-0.15, -0.1) is 0 Å². The first-order chi connectivity index (χ1) is 7.32. The molecule has 0 aliphatic heterocycles. The average Bonchev–Trinajstić information content (AvgIpc) is 2.23. The van der Waals surface area contributed by atoms with Gasteiger partial charge in [-0.25, -0.2) is 0 Å². The van der Waals surface area contributed by atoms with E-state index in [2.05, 4.69) is 13.8 Å². The first-order valence-electron chi connectivity index (χ1n) is 5.46. The molecule has 16 heavy (non-hydrogen) atoms. The molecule has 0 unspecified atom stereocenters. The minimum Gasteiger partial charge on any atom is -0.469 e. The Morgan fingerprint density at radius 3 is 2.00 bits per heavy atom. The molecule has 2 atom stereocenters. The van der Waals surface area contributed by atoms with Crippen molar-refractivity contribution in [2.75, 3.05) is 20.5 Å². The molecular weight excluding hydrogens is 224 g/mol. The molecule has 4 heteroatoms. The molecule has 0 fully saturated rings. The van der Waals surface area contributed by atoms with E-state index >= 15 is 0 Å². The maximum absolute atomic E-state index is 11.8. The number of hydrogen-bond donors (Lipinski definition) is 0. The lowest BCUT2D eigenvalue weighted by Crippen LogP contribution is -2.47. The van der Waals surface area contributed by atoms with E-state index < -0.39 is 5.41 Å². The molecule has 0 bridgehead atoms. The summed E-state index contributed by atoms with van der Waals surface area (Å²) in [5, 5.41) is 0.277. The second-order valence-electron chi connectivity index (χ2n) is 4.81. The van der Waals surface area contributed by atoms with Crippen molar-refractivity contribution in [3.05, 3.63) is 0 Å². The van der Waals surface area contributed by atoms with Gasteiger partial charge >= 0.3 is 5.97 Å². The van der Waals surface area contributed by atoms with E-state index in [1.807, 2.05) is 20.1 Å². The van der Waals surface area contributed by atoms with Gasteiger partial charge in [0.2, 0.25) is 0 Å². The van der Waals surface area contributed by atoms with E-state index in [-0.39, 0.29) is 17.3 Å². The van der Waals surface area contributed by atoms with Crippen LogP contribution in [-0.4, -0.2) is 37.8 Å². The number of methoxy groups -OCH3 is 2. The van der Waals surface area contributed by atoms with Crippen molar-refractivity contribution < 1.29 is 14.3 Å². The molecule has 0 aliphatic carbocycles. The Balaban J connectivity index is 5.02. The molecule has 0 heterocycles. The summed E-state index contributed by atoms with van der Waals surface area (Å²) >= 11 is 1.73. The number of rotatable bonds is 6. The topological polar surface area (TPSA) is 35.5 Å². The summed E-state index contributed by atoms with van der Waals surface area (Å²) in [6.07, 6.45) is 1.90. The largest absolute Gasteiger partial charge is 0.469 e. The van der Waals surface area contributed by atoms with Crippen LogP contribution in [0.1, 0.15) is 27.7 Å². The number of hydrogen-bond acceptors (Lipinski definition) is 4. The van der Waals surface area contributed by atoms with Crippen LogP contribution in [0, 0.1) is 11.3 Å². The second kappa shape index (κ2) is 6.50. The van der Waals surface area contributed by atoms with Gasteiger partial charge in [0, 0.05) is 12.4 Å². The highest BCUT2D eigenvalue weighted by molar-refractivity contribution is 7.99. The van der Waals surface area contributed by atoms with Crippen LogP contribution in [0.5, 0.6) is 0 Å². The molecular formula is C12H24O3S. The van der Waals surface area contributed by atoms with Gasteiger partial charge < -0.3 is 9.47 Å². The minimum atomic E-state index is -0.624. The second-order valence-corrected chi connectivity index (χ2v) is 5.83. The Morgan fingerprint density at radius 2 is 1.75 bits per heavy atom. The summed E-state index contributed by atoms with van der Waals surface area (Å²) in [7, 11) is 3.07. The van der Waals surface area contributed by atoms with Crippen LogP contribution < -0.4 is 0 Å². The Morgan fingerprint density at radius 1 is 1.25 bits per heavy atom. The molecule has 0 N–H and O–H groups in total. The van der Waals surface area contributed by atoms with E-state index in [0.29, 0.717) is 5.92 Å². The van der Waals surface area contributed by atoms with E-state index in [0.717, 1.165) is 0 Å². The van der Waals surface area contributed by atoms with Crippen LogP contribution in [0.15, 0.2) is 0 Å². The number of ether oxygens (including phenoxy) is 2. The summed E-state index contributed by atoms with van der Waals surface area (Å²) in [6.45, 7) is 8.03. The zero-order valence-electron chi connectivity index (χ0n) is 11.4. The van der Waals surface area contributed by atoms with Crippen molar-refractivity contribution in [2.24, 2.45) is 11.3 Å². The smallest absolute Gasteiger partial charge is 0.313 e. The van der Waals surface area contributed by atoms with E-state index in [1.54, 1.807) is 18.9 Å². The molecule has 0 amide bonds. The highest BCUT2D eigenvalue weighted by atomic mass is 32.2. The lowest BCUT2D eigenvalue weighted by molar-refractivity contribution is -0.159. The van der Waals surface area contributed by atoms with E-state index in [9.17, 15) is 4.79 Å². The summed E-state index contributed by atoms with van der Waals surface area (Å²) in [5.41, 5.74) is -0.624. The average molecular weight is 248 g/mol. The maximum atomic E-state index is 11.8. The van der Waals surface area contributed by atoms with Gasteiger partial charge in [0.1, 0.15) is 0 Å². The Bertz CT molecular complexity index is 226. The first kappa shape index (κ1) is 15.8. The third-order valence-electron chi connectivity index (χ3n) is 2.90. The molecule has 0 rings (SSSR count). The third kappa shape index (κ3) is 3.39. The Labute approximate surface area is 103 Å². The van der Waals surface area contributed by atoms with Gasteiger partial charge in [-0.1, -0.05) is 13.8 Å². The zero-order valence-corrected chi connectivity index (χ0v) is 12.2. The fraction of sp³-hybridized carbons (Fsp3) is 0.917. The van der Waals surface area contributed by atoms with Crippen LogP contribution in [0.3, 0.4) is 0 Å². The molecule has 0 spiro atoms. The van der Waals surface area contributed by atoms with Crippen molar-refractivity contribution in [1.82, 2.24) is 0 Å². The monoisotopic (exact) mass is 248 g/mol. The molecule has 0 radical (unpaired) electrons. The van der Waals surface area contributed by atoms with Crippen LogP contribution in [0.2, 0.25) is 0 Å². The van der Waals surface area contributed by atoms with Crippen molar-refractivity contribution in [3.63, 3.8) is 0 Å². The van der Waals surface area contributed by atoms with Gasteiger partial charge in [-0.2, -0.15) is 11.8 Å². The number of carbonyl (C=O) groups excluding carboxylic acids is 1. The summed E-state index contributed by atoms with van der Waals surface area (Å²) in [6, 6.07) is 0. The highest BCUT2D eigenvalue weighted by Gasteiger charge is 2.43. The van der Waals surface area contributed by atoms with Crippen molar-refractivity contribution in [1.29, 1.82) is 0 Å². The lowest BCUT2D eigenvalue weighted by atomic mass is 9.82. The van der Waals surface area contributed by atoms with Gasteiger partial charge in [0.05, 0.1) is 18.6 Å². The Kier molecular flexibility index (Phi) is 6.41. The van der Waals surface area contributed by atoms with Crippen molar-refractivity contribution in [3.8, 4) is 0 Å². The van der Waals surface area contributed by atoms with Crippen LogP contribution >= 0.6 is 11.8 Å². The van der Waals surface area contributed by atoms with Gasteiger partial charge in [-0.05, 0) is 26.0 Å². The standard InChI is InChI=1S/C12H24O3S/c1-8(2)9(16-7)10(14-5)12(3,4)11(13)15-6/h8-10H,1-7H3/t9-,10+/m0/s1. The van der Waals surface area contributed by atoms with Gasteiger partial charge in [0.25, 0.3) is 0 Å². The highest BCUT2D eigenvalue weighted by Crippen LogP contribution is 2.35. The van der Waals surface area contributed by atoms with Crippen molar-refractivity contribution >= 4 is 17.7 Å². The predicted octanol–water partition coefficient (Wildman–Crippen LogP) is 2.59. The molecule has 0 aromatic heterocycles. The molecule has 96 valence electrons. The normalized spacial score (nSPS) is 16.0. The van der Waals surface area contributed by atoms with E-state index in [1.165, 1.54) is 7.11 Å². The number of thioether (sulfide) groups is 1. The van der Waals surface area contributed by atoms with Crippen LogP contribution in [-0.2, 0) is 14.3 Å². The third-order valence-corrected chi connectivity index (χ3v) is 4.24. The molecule has 0 aliphatic rings. The lowest BCUT2D eigenvalue weighted by Gasteiger charge is -2.37. The first-order valence-corrected chi connectivity index (χ1v) is 6.75. The number of esters is 1. The molecule has 0 aromatic rings. The van der Waals surface area contributed by atoms with Gasteiger partial charge in [0.15, 0.2) is 0 Å². The fourth-order valence-electron chi connectivity index (χ4n) is 1.96. The summed E-state index contributed by atoms with van der Waals surface area (Å²) in [5.74, 6) is 0.225. The molecule has 0 saturated heterocycles. The maximum Gasteiger partial charge on any atom is 0.313 e. The zero-order chi connectivity index (χ0) is 12.9.